The van der Waals surface area contributed by atoms with E-state index in [-0.39, 0.29) is 5.78 Å². The quantitative estimate of drug-likeness (QED) is 0.349. The zero-order valence-electron chi connectivity index (χ0n) is 16.9. The lowest BCUT2D eigenvalue weighted by atomic mass is 10.1. The molecule has 2 aromatic rings. The summed E-state index contributed by atoms with van der Waals surface area (Å²) >= 11 is 0. The van der Waals surface area contributed by atoms with Gasteiger partial charge in [0.25, 0.3) is 0 Å². The molecule has 0 N–H and O–H groups in total. The first-order chi connectivity index (χ1) is 13.5. The number of rotatable bonds is 9. The fourth-order valence-corrected chi connectivity index (χ4v) is 2.46. The molecule has 28 heavy (non-hydrogen) atoms. The molecule has 5 heteroatoms. The Kier molecular flexibility index (Phi) is 7.69. The fraction of sp³-hybridized carbons (Fsp3) is 0.261. The molecule has 0 unspecified atom stereocenters. The van der Waals surface area contributed by atoms with Crippen LogP contribution in [0.25, 0.3) is 6.08 Å². The molecule has 0 atom stereocenters. The van der Waals surface area contributed by atoms with E-state index >= 15 is 0 Å². The van der Waals surface area contributed by atoms with Gasteiger partial charge in [0.1, 0.15) is 29.6 Å². The third kappa shape index (κ3) is 5.64. The summed E-state index contributed by atoms with van der Waals surface area (Å²) in [4.78, 5) is 12.8. The largest absolute Gasteiger partial charge is 0.497 e. The Morgan fingerprint density at radius 2 is 1.54 bits per heavy atom. The van der Waals surface area contributed by atoms with Crippen molar-refractivity contribution in [3.05, 3.63) is 65.3 Å². The second-order valence-corrected chi connectivity index (χ2v) is 6.26. The van der Waals surface area contributed by atoms with Crippen LogP contribution in [0.1, 0.15) is 29.8 Å². The number of methoxy groups -OCH3 is 3. The molecule has 2 aromatic carbocycles. The normalized spacial score (nSPS) is 10.5. The predicted molar refractivity (Wildman–Crippen MR) is 111 cm³/mol. The van der Waals surface area contributed by atoms with Gasteiger partial charge >= 0.3 is 0 Å². The number of hydrogen-bond donors (Lipinski definition) is 0. The molecule has 0 bridgehead atoms. The van der Waals surface area contributed by atoms with Gasteiger partial charge in [0.2, 0.25) is 0 Å². The number of carbonyl (C=O) groups is 1. The first-order valence-electron chi connectivity index (χ1n) is 8.87. The first-order valence-corrected chi connectivity index (χ1v) is 8.87. The van der Waals surface area contributed by atoms with E-state index in [4.69, 9.17) is 18.9 Å². The van der Waals surface area contributed by atoms with Crippen molar-refractivity contribution in [3.8, 4) is 23.0 Å². The van der Waals surface area contributed by atoms with Crippen molar-refractivity contribution in [3.63, 3.8) is 0 Å². The maximum Gasteiger partial charge on any atom is 0.189 e. The molecule has 2 rings (SSSR count). The highest BCUT2D eigenvalue weighted by molar-refractivity contribution is 6.08. The molecule has 0 spiro atoms. The molecule has 5 nitrogen and oxygen atoms in total. The minimum atomic E-state index is -0.173. The van der Waals surface area contributed by atoms with Gasteiger partial charge in [-0.1, -0.05) is 5.57 Å². The topological polar surface area (TPSA) is 54.0 Å². The molecular weight excluding hydrogens is 356 g/mol. The van der Waals surface area contributed by atoms with E-state index in [1.807, 2.05) is 32.1 Å². The minimum absolute atomic E-state index is 0.173. The lowest BCUT2D eigenvalue weighted by Crippen LogP contribution is -2.03. The summed E-state index contributed by atoms with van der Waals surface area (Å²) in [6.45, 7) is 4.36. The van der Waals surface area contributed by atoms with Crippen LogP contribution in [0, 0.1) is 0 Å². The molecule has 0 fully saturated rings. The molecule has 0 aliphatic heterocycles. The molecule has 0 amide bonds. The van der Waals surface area contributed by atoms with Gasteiger partial charge in [-0.15, -0.1) is 0 Å². The van der Waals surface area contributed by atoms with E-state index in [1.165, 1.54) is 6.08 Å². The molecule has 148 valence electrons. The van der Waals surface area contributed by atoms with E-state index in [0.29, 0.717) is 35.2 Å². The lowest BCUT2D eigenvalue weighted by molar-refractivity contribution is 0.104. The van der Waals surface area contributed by atoms with Crippen molar-refractivity contribution in [1.29, 1.82) is 0 Å². The molecule has 0 radical (unpaired) electrons. The number of ether oxygens (including phenoxy) is 4. The van der Waals surface area contributed by atoms with Crippen LogP contribution < -0.4 is 18.9 Å². The third-order valence-corrected chi connectivity index (χ3v) is 4.04. The van der Waals surface area contributed by atoms with Crippen LogP contribution in [0.2, 0.25) is 0 Å². The maximum absolute atomic E-state index is 12.8. The van der Waals surface area contributed by atoms with Crippen LogP contribution in [-0.2, 0) is 0 Å². The predicted octanol–water partition coefficient (Wildman–Crippen LogP) is 4.95. The Bertz CT molecular complexity index is 877. The van der Waals surface area contributed by atoms with Gasteiger partial charge in [-0.25, -0.2) is 0 Å². The average Bonchev–Trinajstić information content (AvgIpc) is 2.71. The second kappa shape index (κ2) is 10.2. The van der Waals surface area contributed by atoms with Crippen LogP contribution in [-0.4, -0.2) is 33.7 Å². The monoisotopic (exact) mass is 382 g/mol. The Morgan fingerprint density at radius 1 is 0.893 bits per heavy atom. The molecule has 0 aromatic heterocycles. The zero-order chi connectivity index (χ0) is 20.5. The molecule has 0 heterocycles. The number of carbonyl (C=O) groups excluding carboxylic acids is 1. The van der Waals surface area contributed by atoms with Crippen molar-refractivity contribution in [2.75, 3.05) is 27.9 Å². The van der Waals surface area contributed by atoms with E-state index in [0.717, 1.165) is 11.1 Å². The van der Waals surface area contributed by atoms with Crippen molar-refractivity contribution >= 4 is 11.9 Å². The van der Waals surface area contributed by atoms with Gasteiger partial charge in [-0.05, 0) is 56.3 Å². The fourth-order valence-electron chi connectivity index (χ4n) is 2.46. The number of ketones is 1. The van der Waals surface area contributed by atoms with Crippen LogP contribution in [0.3, 0.4) is 0 Å². The van der Waals surface area contributed by atoms with E-state index < -0.39 is 0 Å². The van der Waals surface area contributed by atoms with Crippen molar-refractivity contribution in [2.24, 2.45) is 0 Å². The van der Waals surface area contributed by atoms with E-state index in [9.17, 15) is 4.79 Å². The highest BCUT2D eigenvalue weighted by Crippen LogP contribution is 2.28. The minimum Gasteiger partial charge on any atom is -0.497 e. The summed E-state index contributed by atoms with van der Waals surface area (Å²) < 4.78 is 21.6. The summed E-state index contributed by atoms with van der Waals surface area (Å²) in [5, 5.41) is 0. The Hall–Kier alpha value is -3.21. The molecule has 0 aliphatic carbocycles. The Labute approximate surface area is 166 Å². The SMILES string of the molecule is COc1ccc(/C=C/C(=O)c2ccc(OC)cc2OCC=C(C)C)c(OC)c1. The third-order valence-electron chi connectivity index (χ3n) is 4.04. The number of allylic oxidation sites excluding steroid dienone is 2. The summed E-state index contributed by atoms with van der Waals surface area (Å²) in [6.07, 6.45) is 5.16. The summed E-state index contributed by atoms with van der Waals surface area (Å²) in [7, 11) is 4.74. The van der Waals surface area contributed by atoms with Crippen molar-refractivity contribution in [2.45, 2.75) is 13.8 Å². The smallest absolute Gasteiger partial charge is 0.189 e. The summed E-state index contributed by atoms with van der Waals surface area (Å²) in [6, 6.07) is 10.6. The van der Waals surface area contributed by atoms with Crippen LogP contribution >= 0.6 is 0 Å². The van der Waals surface area contributed by atoms with Gasteiger partial charge in [0.05, 0.1) is 26.9 Å². The highest BCUT2D eigenvalue weighted by Gasteiger charge is 2.12. The zero-order valence-corrected chi connectivity index (χ0v) is 16.9. The first kappa shape index (κ1) is 21.1. The van der Waals surface area contributed by atoms with Gasteiger partial charge < -0.3 is 18.9 Å². The average molecular weight is 382 g/mol. The van der Waals surface area contributed by atoms with E-state index in [1.54, 1.807) is 51.7 Å². The van der Waals surface area contributed by atoms with Crippen LogP contribution in [0.5, 0.6) is 23.0 Å². The van der Waals surface area contributed by atoms with Crippen molar-refractivity contribution in [1.82, 2.24) is 0 Å². The lowest BCUT2D eigenvalue weighted by Gasteiger charge is -2.11. The Balaban J connectivity index is 2.28. The Morgan fingerprint density at radius 3 is 2.14 bits per heavy atom. The van der Waals surface area contributed by atoms with Crippen LogP contribution in [0.15, 0.2) is 54.1 Å². The van der Waals surface area contributed by atoms with E-state index in [2.05, 4.69) is 0 Å². The summed E-state index contributed by atoms with van der Waals surface area (Å²) in [5.41, 5.74) is 2.38. The summed E-state index contributed by atoms with van der Waals surface area (Å²) in [5.74, 6) is 2.24. The molecule has 0 saturated carbocycles. The van der Waals surface area contributed by atoms with Gasteiger partial charge in [-0.2, -0.15) is 0 Å². The van der Waals surface area contributed by atoms with Crippen molar-refractivity contribution < 1.29 is 23.7 Å². The molecule has 0 aliphatic rings. The molecular formula is C23H26O5. The highest BCUT2D eigenvalue weighted by atomic mass is 16.5. The molecule has 0 saturated heterocycles. The second-order valence-electron chi connectivity index (χ2n) is 6.26. The van der Waals surface area contributed by atoms with Gasteiger partial charge in [0.15, 0.2) is 5.78 Å². The van der Waals surface area contributed by atoms with Gasteiger partial charge in [-0.3, -0.25) is 4.79 Å². The number of hydrogen-bond acceptors (Lipinski definition) is 5. The number of benzene rings is 2. The maximum atomic E-state index is 12.8. The van der Waals surface area contributed by atoms with Gasteiger partial charge in [0, 0.05) is 17.7 Å². The standard InChI is InChI=1S/C23H26O5/c1-16(2)12-13-28-23-15-19(26-4)9-10-20(23)21(24)11-7-17-6-8-18(25-3)14-22(17)27-5/h6-12,14-15H,13H2,1-5H3/b11-7+. The van der Waals surface area contributed by atoms with Crippen LogP contribution in [0.4, 0.5) is 0 Å².